The summed E-state index contributed by atoms with van der Waals surface area (Å²) in [6, 6.07) is 0. The molecule has 0 saturated heterocycles. The first-order chi connectivity index (χ1) is 7.68. The summed E-state index contributed by atoms with van der Waals surface area (Å²) in [6.45, 7) is 5.69. The van der Waals surface area contributed by atoms with E-state index in [1.807, 2.05) is 0 Å². The van der Waals surface area contributed by atoms with Gasteiger partial charge in [-0.2, -0.15) is 0 Å². The Kier molecular flexibility index (Phi) is 18.0. The third-order valence-corrected chi connectivity index (χ3v) is 2.15. The molecule has 0 aliphatic heterocycles. The van der Waals surface area contributed by atoms with Crippen LogP contribution >= 0.6 is 0 Å². The van der Waals surface area contributed by atoms with Crippen molar-refractivity contribution in [1.82, 2.24) is 0 Å². The molecule has 0 aliphatic rings. The van der Waals surface area contributed by atoms with Gasteiger partial charge in [0.25, 0.3) is 0 Å². The second-order valence-electron chi connectivity index (χ2n) is 3.88. The van der Waals surface area contributed by atoms with Crippen molar-refractivity contribution in [3.8, 4) is 0 Å². The lowest BCUT2D eigenvalue weighted by Gasteiger charge is -1.97. The Labute approximate surface area is 100 Å². The number of unbranched alkanes of at least 4 members (excludes halogenated alkanes) is 5. The van der Waals surface area contributed by atoms with E-state index in [1.54, 1.807) is 19.9 Å². The number of carbonyl (C=O) groups excluding carboxylic acids is 2. The SMILES string of the molecule is C/C=C/C=O.CCCCCCCCC(C)=O. The fourth-order valence-electron chi connectivity index (χ4n) is 1.23. The zero-order valence-electron chi connectivity index (χ0n) is 11.0. The van der Waals surface area contributed by atoms with E-state index in [1.165, 1.54) is 38.2 Å². The maximum absolute atomic E-state index is 10.5. The molecular formula is C14H26O2. The maximum atomic E-state index is 10.5. The van der Waals surface area contributed by atoms with Crippen LogP contribution in [-0.4, -0.2) is 12.1 Å². The fraction of sp³-hybridized carbons (Fsp3) is 0.714. The van der Waals surface area contributed by atoms with Crippen LogP contribution in [-0.2, 0) is 9.59 Å². The molecule has 0 rings (SSSR count). The van der Waals surface area contributed by atoms with Crippen LogP contribution in [0, 0.1) is 0 Å². The van der Waals surface area contributed by atoms with Gasteiger partial charge >= 0.3 is 0 Å². The third-order valence-electron chi connectivity index (χ3n) is 2.15. The van der Waals surface area contributed by atoms with Gasteiger partial charge in [-0.15, -0.1) is 0 Å². The highest BCUT2D eigenvalue weighted by Crippen LogP contribution is 2.06. The molecule has 0 N–H and O–H groups in total. The predicted octanol–water partition coefficient (Wildman–Crippen LogP) is 4.09. The van der Waals surface area contributed by atoms with Crippen LogP contribution in [0.15, 0.2) is 12.2 Å². The minimum atomic E-state index is 0.334. The first kappa shape index (κ1) is 17.5. The molecule has 0 aromatic heterocycles. The van der Waals surface area contributed by atoms with Gasteiger partial charge < -0.3 is 4.79 Å². The van der Waals surface area contributed by atoms with Crippen LogP contribution in [0.2, 0.25) is 0 Å². The van der Waals surface area contributed by atoms with E-state index in [0.717, 1.165) is 19.1 Å². The number of hydrogen-bond donors (Lipinski definition) is 0. The molecule has 0 aliphatic carbocycles. The molecule has 16 heavy (non-hydrogen) atoms. The van der Waals surface area contributed by atoms with Crippen LogP contribution < -0.4 is 0 Å². The van der Waals surface area contributed by atoms with Gasteiger partial charge in [0, 0.05) is 6.42 Å². The van der Waals surface area contributed by atoms with Gasteiger partial charge in [-0.25, -0.2) is 0 Å². The first-order valence-electron chi connectivity index (χ1n) is 6.24. The van der Waals surface area contributed by atoms with Gasteiger partial charge in [0.2, 0.25) is 0 Å². The molecule has 94 valence electrons. The molecule has 0 radical (unpaired) electrons. The molecule has 2 heteroatoms. The van der Waals surface area contributed by atoms with E-state index in [4.69, 9.17) is 0 Å². The summed E-state index contributed by atoms with van der Waals surface area (Å²) < 4.78 is 0. The summed E-state index contributed by atoms with van der Waals surface area (Å²) in [5.74, 6) is 0.334. The standard InChI is InChI=1S/C10H20O.C4H6O/c1-3-4-5-6-7-8-9-10(2)11;1-2-3-4-5/h3-9H2,1-2H3;2-4H,1H3/b;3-2+. The third kappa shape index (κ3) is 23.2. The lowest BCUT2D eigenvalue weighted by Crippen LogP contribution is -1.88. The van der Waals surface area contributed by atoms with E-state index in [-0.39, 0.29) is 0 Å². The van der Waals surface area contributed by atoms with Crippen LogP contribution in [0.1, 0.15) is 65.7 Å². The summed E-state index contributed by atoms with van der Waals surface area (Å²) in [5, 5.41) is 0. The minimum absolute atomic E-state index is 0.334. The van der Waals surface area contributed by atoms with E-state index in [9.17, 15) is 9.59 Å². The van der Waals surface area contributed by atoms with Crippen LogP contribution in [0.4, 0.5) is 0 Å². The highest BCUT2D eigenvalue weighted by Gasteiger charge is 1.92. The highest BCUT2D eigenvalue weighted by atomic mass is 16.1. The molecule has 0 aromatic carbocycles. The largest absolute Gasteiger partial charge is 0.300 e. The zero-order valence-corrected chi connectivity index (χ0v) is 11.0. The number of hydrogen-bond acceptors (Lipinski definition) is 2. The van der Waals surface area contributed by atoms with E-state index >= 15 is 0 Å². The number of carbonyl (C=O) groups is 2. The zero-order chi connectivity index (χ0) is 12.6. The van der Waals surface area contributed by atoms with E-state index in [2.05, 4.69) is 6.92 Å². The topological polar surface area (TPSA) is 34.1 Å². The number of allylic oxidation sites excluding steroid dienone is 2. The Morgan fingerprint density at radius 2 is 1.62 bits per heavy atom. The van der Waals surface area contributed by atoms with Gasteiger partial charge in [-0.3, -0.25) is 4.79 Å². The number of Topliss-reactive ketones (excluding diaryl/α,β-unsaturated/α-hetero) is 1. The summed E-state index contributed by atoms with van der Waals surface area (Å²) in [7, 11) is 0. The molecule has 0 unspecified atom stereocenters. The fourth-order valence-corrected chi connectivity index (χ4v) is 1.23. The molecular weight excluding hydrogens is 200 g/mol. The smallest absolute Gasteiger partial charge is 0.142 e. The molecule has 0 heterocycles. The summed E-state index contributed by atoms with van der Waals surface area (Å²) in [6.07, 6.45) is 12.3. The van der Waals surface area contributed by atoms with Gasteiger partial charge in [0.05, 0.1) is 0 Å². The monoisotopic (exact) mass is 226 g/mol. The van der Waals surface area contributed by atoms with Crippen molar-refractivity contribution in [2.45, 2.75) is 65.7 Å². The molecule has 0 saturated carbocycles. The summed E-state index contributed by atoms with van der Waals surface area (Å²) >= 11 is 0. The number of ketones is 1. The summed E-state index contributed by atoms with van der Waals surface area (Å²) in [4.78, 5) is 19.9. The van der Waals surface area contributed by atoms with Gasteiger partial charge in [-0.1, -0.05) is 45.1 Å². The van der Waals surface area contributed by atoms with Crippen molar-refractivity contribution >= 4 is 12.1 Å². The average Bonchev–Trinajstić information content (AvgIpc) is 2.25. The molecule has 2 nitrogen and oxygen atoms in total. The molecule has 0 spiro atoms. The van der Waals surface area contributed by atoms with Crippen LogP contribution in [0.25, 0.3) is 0 Å². The number of rotatable bonds is 8. The van der Waals surface area contributed by atoms with Gasteiger partial charge in [0.1, 0.15) is 12.1 Å². The molecule has 0 fully saturated rings. The van der Waals surface area contributed by atoms with Crippen molar-refractivity contribution < 1.29 is 9.59 Å². The minimum Gasteiger partial charge on any atom is -0.300 e. The summed E-state index contributed by atoms with van der Waals surface area (Å²) in [5.41, 5.74) is 0. The van der Waals surface area contributed by atoms with Crippen molar-refractivity contribution in [3.63, 3.8) is 0 Å². The highest BCUT2D eigenvalue weighted by molar-refractivity contribution is 5.75. The lowest BCUT2D eigenvalue weighted by molar-refractivity contribution is -0.117. The Balaban J connectivity index is 0. The quantitative estimate of drug-likeness (QED) is 0.355. The van der Waals surface area contributed by atoms with Crippen molar-refractivity contribution in [2.75, 3.05) is 0 Å². The van der Waals surface area contributed by atoms with Crippen LogP contribution in [0.3, 0.4) is 0 Å². The van der Waals surface area contributed by atoms with E-state index < -0.39 is 0 Å². The van der Waals surface area contributed by atoms with Crippen LogP contribution in [0.5, 0.6) is 0 Å². The maximum Gasteiger partial charge on any atom is 0.142 e. The predicted molar refractivity (Wildman–Crippen MR) is 69.6 cm³/mol. The Bertz CT molecular complexity index is 183. The molecule has 0 atom stereocenters. The lowest BCUT2D eigenvalue weighted by atomic mass is 10.1. The normalized spacial score (nSPS) is 9.69. The average molecular weight is 226 g/mol. The first-order valence-corrected chi connectivity index (χ1v) is 6.24. The molecule has 0 aromatic rings. The van der Waals surface area contributed by atoms with Gasteiger partial charge in [0.15, 0.2) is 0 Å². The second kappa shape index (κ2) is 16.5. The van der Waals surface area contributed by atoms with Crippen molar-refractivity contribution in [2.24, 2.45) is 0 Å². The van der Waals surface area contributed by atoms with Gasteiger partial charge in [-0.05, 0) is 26.3 Å². The second-order valence-corrected chi connectivity index (χ2v) is 3.88. The molecule has 0 bridgehead atoms. The Morgan fingerprint density at radius 3 is 2.00 bits per heavy atom. The van der Waals surface area contributed by atoms with E-state index in [0.29, 0.717) is 5.78 Å². The van der Waals surface area contributed by atoms with Crippen molar-refractivity contribution in [3.05, 3.63) is 12.2 Å². The molecule has 0 amide bonds. The van der Waals surface area contributed by atoms with Crippen molar-refractivity contribution in [1.29, 1.82) is 0 Å². The Morgan fingerprint density at radius 1 is 1.06 bits per heavy atom. The Hall–Kier alpha value is -0.920. The number of aldehydes is 1.